The van der Waals surface area contributed by atoms with Crippen molar-refractivity contribution in [3.05, 3.63) is 35.2 Å². The lowest BCUT2D eigenvalue weighted by molar-refractivity contribution is -0.0421. The third kappa shape index (κ3) is 3.61. The number of hydrogen-bond acceptors (Lipinski definition) is 4. The number of unbranched alkanes of at least 4 members (excludes halogenated alkanes) is 1. The van der Waals surface area contributed by atoms with E-state index in [1.54, 1.807) is 18.4 Å². The molecule has 1 aromatic heterocycles. The summed E-state index contributed by atoms with van der Waals surface area (Å²) >= 11 is 1.75. The summed E-state index contributed by atoms with van der Waals surface area (Å²) in [4.78, 5) is 0. The number of benzene rings is 1. The molecule has 1 saturated heterocycles. The average Bonchev–Trinajstić information content (AvgIpc) is 3.08. The zero-order valence-corrected chi connectivity index (χ0v) is 14.7. The zero-order chi connectivity index (χ0) is 16.1. The van der Waals surface area contributed by atoms with Crippen molar-refractivity contribution in [2.45, 2.75) is 37.7 Å². The fourth-order valence-corrected chi connectivity index (χ4v) is 4.64. The molecule has 1 aliphatic heterocycles. The van der Waals surface area contributed by atoms with Crippen LogP contribution in [0.2, 0.25) is 0 Å². The molecule has 2 heterocycles. The van der Waals surface area contributed by atoms with Crippen molar-refractivity contribution in [1.82, 2.24) is 5.32 Å². The monoisotopic (exact) mass is 333 g/mol. The summed E-state index contributed by atoms with van der Waals surface area (Å²) in [5, 5.41) is 18.6. The van der Waals surface area contributed by atoms with Crippen molar-refractivity contribution in [2.24, 2.45) is 5.92 Å². The van der Waals surface area contributed by atoms with Gasteiger partial charge in [0.15, 0.2) is 0 Å². The van der Waals surface area contributed by atoms with Crippen molar-refractivity contribution < 1.29 is 9.84 Å². The standard InChI is InChI=1S/C19H27NO2S/c1-22-12-3-2-10-19(21,15-6-5-11-20-14-15)17-7-4-8-18-16(17)9-13-23-18/h4,7-9,13,15,20-21H,2-3,5-6,10-12,14H2,1H3/t15-,19+/m1/s1. The number of methoxy groups -OCH3 is 1. The molecular weight excluding hydrogens is 306 g/mol. The Hall–Kier alpha value is -0.940. The zero-order valence-electron chi connectivity index (χ0n) is 13.9. The molecule has 4 heteroatoms. The first-order chi connectivity index (χ1) is 11.3. The SMILES string of the molecule is COCCCC[C@@](O)(c1cccc2sccc12)[C@@H]1CCCNC1. The lowest BCUT2D eigenvalue weighted by Crippen LogP contribution is -2.44. The van der Waals surface area contributed by atoms with Crippen LogP contribution in [-0.4, -0.2) is 31.9 Å². The largest absolute Gasteiger partial charge is 0.385 e. The van der Waals surface area contributed by atoms with Gasteiger partial charge in [0.2, 0.25) is 0 Å². The van der Waals surface area contributed by atoms with Crippen molar-refractivity contribution in [3.8, 4) is 0 Å². The molecule has 0 radical (unpaired) electrons. The second-order valence-corrected chi connectivity index (χ2v) is 7.50. The minimum atomic E-state index is -0.748. The quantitative estimate of drug-likeness (QED) is 0.755. The number of rotatable bonds is 7. The summed E-state index contributed by atoms with van der Waals surface area (Å²) in [6.45, 7) is 2.74. The first kappa shape index (κ1) is 16.9. The number of fused-ring (bicyclic) bond motifs is 1. The number of thiophene rings is 1. The van der Waals surface area contributed by atoms with E-state index >= 15 is 0 Å². The molecule has 0 unspecified atom stereocenters. The van der Waals surface area contributed by atoms with Crippen LogP contribution in [0.4, 0.5) is 0 Å². The minimum absolute atomic E-state index is 0.282. The van der Waals surface area contributed by atoms with Gasteiger partial charge in [-0.25, -0.2) is 0 Å². The van der Waals surface area contributed by atoms with Gasteiger partial charge in [0, 0.05) is 30.9 Å². The van der Waals surface area contributed by atoms with Crippen LogP contribution < -0.4 is 5.32 Å². The van der Waals surface area contributed by atoms with E-state index < -0.39 is 5.60 Å². The summed E-state index contributed by atoms with van der Waals surface area (Å²) < 4.78 is 6.44. The second kappa shape index (κ2) is 7.75. The first-order valence-electron chi connectivity index (χ1n) is 8.64. The summed E-state index contributed by atoms with van der Waals surface area (Å²) in [5.41, 5.74) is 0.365. The molecule has 0 amide bonds. The molecule has 2 atom stereocenters. The molecule has 0 spiro atoms. The topological polar surface area (TPSA) is 41.5 Å². The van der Waals surface area contributed by atoms with Crippen molar-refractivity contribution >= 4 is 21.4 Å². The average molecular weight is 333 g/mol. The number of nitrogens with one attached hydrogen (secondary N) is 1. The van der Waals surface area contributed by atoms with Crippen LogP contribution in [0.1, 0.15) is 37.7 Å². The van der Waals surface area contributed by atoms with Gasteiger partial charge in [-0.15, -0.1) is 11.3 Å². The van der Waals surface area contributed by atoms with Gasteiger partial charge in [0.05, 0.1) is 5.60 Å². The molecule has 3 rings (SSSR count). The van der Waals surface area contributed by atoms with Gasteiger partial charge in [0.1, 0.15) is 0 Å². The van der Waals surface area contributed by atoms with Gasteiger partial charge in [-0.2, -0.15) is 0 Å². The maximum atomic E-state index is 11.7. The Balaban J connectivity index is 1.91. The van der Waals surface area contributed by atoms with Crippen LogP contribution in [-0.2, 0) is 10.3 Å². The Morgan fingerprint density at radius 1 is 1.35 bits per heavy atom. The number of piperidine rings is 1. The molecule has 0 aliphatic carbocycles. The van der Waals surface area contributed by atoms with Crippen molar-refractivity contribution in [3.63, 3.8) is 0 Å². The molecular formula is C19H27NO2S. The van der Waals surface area contributed by atoms with Gasteiger partial charge < -0.3 is 15.2 Å². The Morgan fingerprint density at radius 2 is 2.26 bits per heavy atom. The highest BCUT2D eigenvalue weighted by molar-refractivity contribution is 7.17. The third-order valence-electron chi connectivity index (χ3n) is 5.09. The molecule has 126 valence electrons. The predicted molar refractivity (Wildman–Crippen MR) is 97.0 cm³/mol. The summed E-state index contributed by atoms with van der Waals surface area (Å²) in [6, 6.07) is 8.52. The highest BCUT2D eigenvalue weighted by Crippen LogP contribution is 2.42. The van der Waals surface area contributed by atoms with Crippen LogP contribution in [0.25, 0.3) is 10.1 Å². The van der Waals surface area contributed by atoms with Gasteiger partial charge >= 0.3 is 0 Å². The molecule has 1 fully saturated rings. The van der Waals surface area contributed by atoms with Crippen LogP contribution in [0.5, 0.6) is 0 Å². The minimum Gasteiger partial charge on any atom is -0.385 e. The van der Waals surface area contributed by atoms with E-state index in [0.717, 1.165) is 57.4 Å². The van der Waals surface area contributed by atoms with E-state index in [2.05, 4.69) is 35.0 Å². The maximum absolute atomic E-state index is 11.7. The lowest BCUT2D eigenvalue weighted by atomic mass is 9.73. The van der Waals surface area contributed by atoms with Gasteiger partial charge in [-0.1, -0.05) is 12.1 Å². The number of ether oxygens (including phenoxy) is 1. The van der Waals surface area contributed by atoms with Crippen LogP contribution in [0, 0.1) is 5.92 Å². The summed E-state index contributed by atoms with van der Waals surface area (Å²) in [5.74, 6) is 0.282. The molecule has 1 aliphatic rings. The molecule has 0 saturated carbocycles. The van der Waals surface area contributed by atoms with E-state index in [1.165, 1.54) is 10.1 Å². The Labute approximate surface area is 142 Å². The summed E-state index contributed by atoms with van der Waals surface area (Å²) in [7, 11) is 1.74. The van der Waals surface area contributed by atoms with E-state index in [9.17, 15) is 5.11 Å². The first-order valence-corrected chi connectivity index (χ1v) is 9.52. The Morgan fingerprint density at radius 3 is 3.04 bits per heavy atom. The molecule has 1 aromatic carbocycles. The van der Waals surface area contributed by atoms with Gasteiger partial charge in [0.25, 0.3) is 0 Å². The fraction of sp³-hybridized carbons (Fsp3) is 0.579. The van der Waals surface area contributed by atoms with Gasteiger partial charge in [-0.3, -0.25) is 0 Å². The normalized spacial score (nSPS) is 21.4. The molecule has 3 nitrogen and oxygen atoms in total. The Bertz CT molecular complexity index is 621. The second-order valence-electron chi connectivity index (χ2n) is 6.56. The summed E-state index contributed by atoms with van der Waals surface area (Å²) in [6.07, 6.45) is 5.02. The van der Waals surface area contributed by atoms with Crippen molar-refractivity contribution in [1.29, 1.82) is 0 Å². The Kier molecular flexibility index (Phi) is 5.70. The smallest absolute Gasteiger partial charge is 0.0942 e. The van der Waals surface area contributed by atoms with E-state index in [-0.39, 0.29) is 5.92 Å². The van der Waals surface area contributed by atoms with Crippen molar-refractivity contribution in [2.75, 3.05) is 26.8 Å². The molecule has 2 N–H and O–H groups in total. The molecule has 0 bridgehead atoms. The third-order valence-corrected chi connectivity index (χ3v) is 5.97. The lowest BCUT2D eigenvalue weighted by Gasteiger charge is -2.40. The molecule has 23 heavy (non-hydrogen) atoms. The van der Waals surface area contributed by atoms with Crippen LogP contribution >= 0.6 is 11.3 Å². The van der Waals surface area contributed by atoms with Gasteiger partial charge in [-0.05, 0) is 67.1 Å². The molecule has 2 aromatic rings. The highest BCUT2D eigenvalue weighted by Gasteiger charge is 2.39. The van der Waals surface area contributed by atoms with E-state index in [0.29, 0.717) is 0 Å². The van der Waals surface area contributed by atoms with Crippen LogP contribution in [0.15, 0.2) is 29.6 Å². The number of aliphatic hydroxyl groups is 1. The predicted octanol–water partition coefficient (Wildman–Crippen LogP) is 3.91. The van der Waals surface area contributed by atoms with E-state index in [1.807, 2.05) is 0 Å². The highest BCUT2D eigenvalue weighted by atomic mass is 32.1. The maximum Gasteiger partial charge on any atom is 0.0942 e. The van der Waals surface area contributed by atoms with Crippen LogP contribution in [0.3, 0.4) is 0 Å². The fourth-order valence-electron chi connectivity index (χ4n) is 3.83. The number of hydrogen-bond donors (Lipinski definition) is 2. The van der Waals surface area contributed by atoms with E-state index in [4.69, 9.17) is 4.74 Å².